The summed E-state index contributed by atoms with van der Waals surface area (Å²) < 4.78 is 38.8. The van der Waals surface area contributed by atoms with E-state index in [1.54, 1.807) is 19.0 Å². The molecule has 2 unspecified atom stereocenters. The first-order chi connectivity index (χ1) is 9.20. The normalized spacial score (nSPS) is 23.2. The van der Waals surface area contributed by atoms with E-state index in [-0.39, 0.29) is 17.8 Å². The van der Waals surface area contributed by atoms with Crippen LogP contribution in [0.1, 0.15) is 26.0 Å². The van der Waals surface area contributed by atoms with Crippen molar-refractivity contribution in [3.8, 4) is 0 Å². The van der Waals surface area contributed by atoms with Crippen LogP contribution in [-0.4, -0.2) is 36.6 Å². The van der Waals surface area contributed by atoms with E-state index in [0.29, 0.717) is 12.5 Å². The van der Waals surface area contributed by atoms with Gasteiger partial charge in [0, 0.05) is 32.7 Å². The molecule has 0 saturated carbocycles. The number of aromatic nitrogens is 2. The molecule has 0 amide bonds. The quantitative estimate of drug-likeness (QED) is 0.837. The van der Waals surface area contributed by atoms with Crippen molar-refractivity contribution in [1.29, 1.82) is 0 Å². The SMILES string of the molecule is CC1CCN(c2nc(N(C)C)cc(C(F)(F)F)n2)C1C. The zero-order valence-corrected chi connectivity index (χ0v) is 12.1. The van der Waals surface area contributed by atoms with Gasteiger partial charge in [0.05, 0.1) is 0 Å². The maximum absolute atomic E-state index is 12.9. The van der Waals surface area contributed by atoms with E-state index in [4.69, 9.17) is 0 Å². The lowest BCUT2D eigenvalue weighted by molar-refractivity contribution is -0.141. The number of hydrogen-bond donors (Lipinski definition) is 0. The Bertz CT molecular complexity index is 487. The van der Waals surface area contributed by atoms with Gasteiger partial charge in [-0.1, -0.05) is 6.92 Å². The van der Waals surface area contributed by atoms with Crippen LogP contribution in [0, 0.1) is 5.92 Å². The monoisotopic (exact) mass is 288 g/mol. The number of rotatable bonds is 2. The Balaban J connectivity index is 2.45. The lowest BCUT2D eigenvalue weighted by Gasteiger charge is -2.25. The third-order valence-electron chi connectivity index (χ3n) is 3.85. The van der Waals surface area contributed by atoms with Gasteiger partial charge < -0.3 is 9.80 Å². The molecule has 2 atom stereocenters. The van der Waals surface area contributed by atoms with Crippen molar-refractivity contribution in [2.45, 2.75) is 32.5 Å². The number of alkyl halides is 3. The fourth-order valence-electron chi connectivity index (χ4n) is 2.30. The second kappa shape index (κ2) is 5.10. The van der Waals surface area contributed by atoms with Crippen LogP contribution in [0.4, 0.5) is 24.9 Å². The minimum atomic E-state index is -4.46. The van der Waals surface area contributed by atoms with Gasteiger partial charge in [-0.3, -0.25) is 0 Å². The second-order valence-corrected chi connectivity index (χ2v) is 5.50. The molecule has 2 heterocycles. The Morgan fingerprint density at radius 2 is 1.90 bits per heavy atom. The van der Waals surface area contributed by atoms with Gasteiger partial charge in [0.25, 0.3) is 0 Å². The van der Waals surface area contributed by atoms with Gasteiger partial charge in [-0.25, -0.2) is 4.98 Å². The van der Waals surface area contributed by atoms with E-state index >= 15 is 0 Å². The lowest BCUT2D eigenvalue weighted by atomic mass is 10.1. The van der Waals surface area contributed by atoms with Gasteiger partial charge in [0.1, 0.15) is 5.82 Å². The summed E-state index contributed by atoms with van der Waals surface area (Å²) in [7, 11) is 3.34. The molecule has 1 aromatic heterocycles. The summed E-state index contributed by atoms with van der Waals surface area (Å²) in [6.07, 6.45) is -3.52. The summed E-state index contributed by atoms with van der Waals surface area (Å²) in [5.74, 6) is 0.866. The molecule has 0 aromatic carbocycles. The minimum absolute atomic E-state index is 0.147. The van der Waals surface area contributed by atoms with Gasteiger partial charge in [-0.2, -0.15) is 18.2 Å². The molecule has 1 aliphatic rings. The van der Waals surface area contributed by atoms with Crippen molar-refractivity contribution in [2.24, 2.45) is 5.92 Å². The average Bonchev–Trinajstić information content (AvgIpc) is 2.68. The van der Waals surface area contributed by atoms with Gasteiger partial charge in [-0.15, -0.1) is 0 Å². The van der Waals surface area contributed by atoms with E-state index in [0.717, 1.165) is 12.5 Å². The van der Waals surface area contributed by atoms with Crippen LogP contribution in [0.2, 0.25) is 0 Å². The first-order valence-corrected chi connectivity index (χ1v) is 6.60. The predicted octanol–water partition coefficient (Wildman–Crippen LogP) is 2.80. The van der Waals surface area contributed by atoms with E-state index in [2.05, 4.69) is 16.9 Å². The molecule has 0 spiro atoms. The summed E-state index contributed by atoms with van der Waals surface area (Å²) in [6.45, 7) is 4.78. The summed E-state index contributed by atoms with van der Waals surface area (Å²) >= 11 is 0. The summed E-state index contributed by atoms with van der Waals surface area (Å²) in [4.78, 5) is 11.4. The fraction of sp³-hybridized carbons (Fsp3) is 0.692. The Morgan fingerprint density at radius 3 is 2.35 bits per heavy atom. The van der Waals surface area contributed by atoms with Crippen molar-refractivity contribution < 1.29 is 13.2 Å². The van der Waals surface area contributed by atoms with E-state index in [1.807, 2.05) is 11.8 Å². The molecular formula is C13H19F3N4. The van der Waals surface area contributed by atoms with Crippen molar-refractivity contribution in [3.05, 3.63) is 11.8 Å². The Kier molecular flexibility index (Phi) is 3.80. The molecule has 0 bridgehead atoms. The molecule has 1 saturated heterocycles. The fourth-order valence-corrected chi connectivity index (χ4v) is 2.30. The van der Waals surface area contributed by atoms with Crippen LogP contribution < -0.4 is 9.80 Å². The Labute approximate surface area is 116 Å². The highest BCUT2D eigenvalue weighted by molar-refractivity contribution is 5.46. The molecule has 0 radical (unpaired) electrons. The first-order valence-electron chi connectivity index (χ1n) is 6.60. The zero-order valence-electron chi connectivity index (χ0n) is 12.1. The Morgan fingerprint density at radius 1 is 1.25 bits per heavy atom. The van der Waals surface area contributed by atoms with Crippen molar-refractivity contribution in [2.75, 3.05) is 30.4 Å². The molecule has 20 heavy (non-hydrogen) atoms. The molecule has 112 valence electrons. The highest BCUT2D eigenvalue weighted by atomic mass is 19.4. The van der Waals surface area contributed by atoms with E-state index < -0.39 is 11.9 Å². The maximum atomic E-state index is 12.9. The third kappa shape index (κ3) is 2.81. The molecule has 1 fully saturated rings. The zero-order chi connectivity index (χ0) is 15.1. The van der Waals surface area contributed by atoms with Crippen LogP contribution >= 0.6 is 0 Å². The van der Waals surface area contributed by atoms with Gasteiger partial charge in [0.15, 0.2) is 5.69 Å². The van der Waals surface area contributed by atoms with Crippen LogP contribution in [0.5, 0.6) is 0 Å². The molecule has 1 aromatic rings. The molecule has 7 heteroatoms. The largest absolute Gasteiger partial charge is 0.433 e. The molecule has 0 N–H and O–H groups in total. The van der Waals surface area contributed by atoms with Crippen molar-refractivity contribution >= 4 is 11.8 Å². The third-order valence-corrected chi connectivity index (χ3v) is 3.85. The van der Waals surface area contributed by atoms with Gasteiger partial charge in [0.2, 0.25) is 5.95 Å². The topological polar surface area (TPSA) is 32.3 Å². The first kappa shape index (κ1) is 14.9. The average molecular weight is 288 g/mol. The maximum Gasteiger partial charge on any atom is 0.433 e. The number of halogens is 3. The molecule has 2 rings (SSSR count). The van der Waals surface area contributed by atoms with Gasteiger partial charge in [-0.05, 0) is 19.3 Å². The van der Waals surface area contributed by atoms with Crippen molar-refractivity contribution in [1.82, 2.24) is 9.97 Å². The number of hydrogen-bond acceptors (Lipinski definition) is 4. The van der Waals surface area contributed by atoms with Crippen molar-refractivity contribution in [3.63, 3.8) is 0 Å². The Hall–Kier alpha value is -1.53. The van der Waals surface area contributed by atoms with Gasteiger partial charge >= 0.3 is 6.18 Å². The smallest absolute Gasteiger partial charge is 0.363 e. The highest BCUT2D eigenvalue weighted by Crippen LogP contribution is 2.33. The molecule has 1 aliphatic heterocycles. The molecule has 4 nitrogen and oxygen atoms in total. The van der Waals surface area contributed by atoms with Crippen LogP contribution in [0.25, 0.3) is 0 Å². The van der Waals surface area contributed by atoms with E-state index in [1.165, 1.54) is 0 Å². The number of anilines is 2. The summed E-state index contributed by atoms with van der Waals surface area (Å²) in [5.41, 5.74) is -0.891. The second-order valence-electron chi connectivity index (χ2n) is 5.50. The molecule has 0 aliphatic carbocycles. The van der Waals surface area contributed by atoms with E-state index in [9.17, 15) is 13.2 Å². The molecular weight excluding hydrogens is 269 g/mol. The van der Waals surface area contributed by atoms with Crippen LogP contribution in [0.3, 0.4) is 0 Å². The summed E-state index contributed by atoms with van der Waals surface area (Å²) in [6, 6.07) is 1.13. The summed E-state index contributed by atoms with van der Waals surface area (Å²) in [5, 5.41) is 0. The number of nitrogens with zero attached hydrogens (tertiary/aromatic N) is 4. The van der Waals surface area contributed by atoms with Crippen LogP contribution in [-0.2, 0) is 6.18 Å². The van der Waals surface area contributed by atoms with Crippen LogP contribution in [0.15, 0.2) is 6.07 Å². The minimum Gasteiger partial charge on any atom is -0.363 e. The predicted molar refractivity (Wildman–Crippen MR) is 72.0 cm³/mol. The highest BCUT2D eigenvalue weighted by Gasteiger charge is 2.36. The standard InChI is InChI=1S/C13H19F3N4/c1-8-5-6-20(9(8)2)12-17-10(13(14,15)16)7-11(18-12)19(3)4/h7-9H,5-6H2,1-4H3. The lowest BCUT2D eigenvalue weighted by Crippen LogP contribution is -2.32.